The molecule has 1 heterocycles. The van der Waals surface area contributed by atoms with Crippen LogP contribution in [0.4, 0.5) is 13.2 Å². The molecule has 0 aliphatic carbocycles. The van der Waals surface area contributed by atoms with Crippen molar-refractivity contribution >= 4 is 11.8 Å². The molecule has 0 amide bonds. The molecule has 1 aromatic rings. The van der Waals surface area contributed by atoms with Gasteiger partial charge >= 0.3 is 6.18 Å². The van der Waals surface area contributed by atoms with Crippen molar-refractivity contribution in [3.05, 3.63) is 29.3 Å². The van der Waals surface area contributed by atoms with E-state index in [4.69, 9.17) is 4.74 Å². The summed E-state index contributed by atoms with van der Waals surface area (Å²) in [7, 11) is 1.64. The van der Waals surface area contributed by atoms with Gasteiger partial charge in [-0.1, -0.05) is 6.07 Å². The Kier molecular flexibility index (Phi) is 5.35. The second kappa shape index (κ2) is 6.83. The Balaban J connectivity index is 2.09. The van der Waals surface area contributed by atoms with Gasteiger partial charge in [-0.2, -0.15) is 13.2 Å². The fourth-order valence-electron chi connectivity index (χ4n) is 2.22. The molecule has 2 rings (SSSR count). The molecule has 1 aliphatic heterocycles. The highest BCUT2D eigenvalue weighted by atomic mass is 32.2. The molecule has 1 aliphatic rings. The lowest BCUT2D eigenvalue weighted by molar-refractivity contribution is -0.138. The Bertz CT molecular complexity index is 445. The second-order valence-electron chi connectivity index (χ2n) is 4.79. The molecule has 1 atom stereocenters. The molecule has 20 heavy (non-hydrogen) atoms. The lowest BCUT2D eigenvalue weighted by Gasteiger charge is -2.15. The summed E-state index contributed by atoms with van der Waals surface area (Å²) in [5, 5.41) is 2.77. The summed E-state index contributed by atoms with van der Waals surface area (Å²) in [6, 6.07) is 4.55. The van der Waals surface area contributed by atoms with E-state index in [1.54, 1.807) is 19.2 Å². The summed E-state index contributed by atoms with van der Waals surface area (Å²) < 4.78 is 44.6. The first-order chi connectivity index (χ1) is 9.50. The Morgan fingerprint density at radius 3 is 2.80 bits per heavy atom. The average Bonchev–Trinajstić information content (AvgIpc) is 2.90. The molecule has 1 saturated heterocycles. The lowest BCUT2D eigenvalue weighted by atomic mass is 10.1. The maximum absolute atomic E-state index is 13.0. The quantitative estimate of drug-likeness (QED) is 0.838. The number of ether oxygens (including phenoxy) is 1. The maximum atomic E-state index is 13.0. The van der Waals surface area contributed by atoms with Crippen molar-refractivity contribution in [2.45, 2.75) is 36.6 Å². The zero-order valence-corrected chi connectivity index (χ0v) is 12.1. The standard InChI is InChI=1S/C14H18F3NOS/c1-18-8-10-4-5-12(7-13(10)14(15,16)17)20-9-11-3-2-6-19-11/h4-5,7,11,18H,2-3,6,8-9H2,1H3. The van der Waals surface area contributed by atoms with Crippen LogP contribution >= 0.6 is 11.8 Å². The molecule has 1 fully saturated rings. The zero-order chi connectivity index (χ0) is 14.6. The molecule has 1 unspecified atom stereocenters. The molecular formula is C14H18F3NOS. The molecule has 2 nitrogen and oxygen atoms in total. The van der Waals surface area contributed by atoms with E-state index in [1.165, 1.54) is 17.8 Å². The summed E-state index contributed by atoms with van der Waals surface area (Å²) in [4.78, 5) is 0.646. The predicted octanol–water partition coefficient (Wildman–Crippen LogP) is 3.70. The van der Waals surface area contributed by atoms with Crippen molar-refractivity contribution in [2.75, 3.05) is 19.4 Å². The first kappa shape index (κ1) is 15.7. The van der Waals surface area contributed by atoms with Crippen molar-refractivity contribution in [3.63, 3.8) is 0 Å². The minimum atomic E-state index is -4.31. The van der Waals surface area contributed by atoms with Crippen molar-refractivity contribution in [3.8, 4) is 0 Å². The minimum absolute atomic E-state index is 0.173. The second-order valence-corrected chi connectivity index (χ2v) is 5.89. The van der Waals surface area contributed by atoms with Crippen molar-refractivity contribution in [2.24, 2.45) is 0 Å². The fraction of sp³-hybridized carbons (Fsp3) is 0.571. The number of nitrogens with one attached hydrogen (secondary N) is 1. The van der Waals surface area contributed by atoms with Gasteiger partial charge < -0.3 is 10.1 Å². The number of hydrogen-bond acceptors (Lipinski definition) is 3. The number of halogens is 3. The van der Waals surface area contributed by atoms with E-state index in [-0.39, 0.29) is 18.2 Å². The summed E-state index contributed by atoms with van der Waals surface area (Å²) in [5.74, 6) is 0.711. The summed E-state index contributed by atoms with van der Waals surface area (Å²) in [6.45, 7) is 0.978. The van der Waals surface area contributed by atoms with Crippen molar-refractivity contribution < 1.29 is 17.9 Å². The van der Waals surface area contributed by atoms with E-state index in [2.05, 4.69) is 5.32 Å². The Labute approximate surface area is 121 Å². The number of alkyl halides is 3. The molecule has 0 aromatic heterocycles. The van der Waals surface area contributed by atoms with E-state index < -0.39 is 11.7 Å². The van der Waals surface area contributed by atoms with Crippen LogP contribution in [0.15, 0.2) is 23.1 Å². The van der Waals surface area contributed by atoms with Gasteiger partial charge in [0.15, 0.2) is 0 Å². The summed E-state index contributed by atoms with van der Waals surface area (Å²) >= 11 is 1.43. The first-order valence-electron chi connectivity index (χ1n) is 6.60. The van der Waals surface area contributed by atoms with Gasteiger partial charge in [0.2, 0.25) is 0 Å². The van der Waals surface area contributed by atoms with E-state index in [0.29, 0.717) is 10.6 Å². The van der Waals surface area contributed by atoms with Crippen LogP contribution in [0, 0.1) is 0 Å². The Morgan fingerprint density at radius 1 is 1.40 bits per heavy atom. The van der Waals surface area contributed by atoms with Gasteiger partial charge in [-0.25, -0.2) is 0 Å². The van der Waals surface area contributed by atoms with Crippen molar-refractivity contribution in [1.82, 2.24) is 5.32 Å². The van der Waals surface area contributed by atoms with E-state index in [1.807, 2.05) is 0 Å². The van der Waals surface area contributed by atoms with Gasteiger partial charge in [-0.05, 0) is 37.6 Å². The van der Waals surface area contributed by atoms with Gasteiger partial charge in [-0.15, -0.1) is 11.8 Å². The monoisotopic (exact) mass is 305 g/mol. The van der Waals surface area contributed by atoms with Gasteiger partial charge in [-0.3, -0.25) is 0 Å². The van der Waals surface area contributed by atoms with Crippen LogP contribution in [-0.2, 0) is 17.5 Å². The largest absolute Gasteiger partial charge is 0.416 e. The molecule has 0 saturated carbocycles. The normalized spacial score (nSPS) is 19.5. The van der Waals surface area contributed by atoms with Gasteiger partial charge in [0.05, 0.1) is 11.7 Å². The molecule has 112 valence electrons. The zero-order valence-electron chi connectivity index (χ0n) is 11.3. The van der Waals surface area contributed by atoms with E-state index in [9.17, 15) is 13.2 Å². The van der Waals surface area contributed by atoms with Crippen LogP contribution in [0.2, 0.25) is 0 Å². The van der Waals surface area contributed by atoms with Gasteiger partial charge in [0.1, 0.15) is 0 Å². The maximum Gasteiger partial charge on any atom is 0.416 e. The van der Waals surface area contributed by atoms with E-state index >= 15 is 0 Å². The third-order valence-electron chi connectivity index (χ3n) is 3.21. The lowest BCUT2D eigenvalue weighted by Crippen LogP contribution is -2.14. The van der Waals surface area contributed by atoms with E-state index in [0.717, 1.165) is 19.4 Å². The molecule has 0 radical (unpaired) electrons. The molecule has 0 bridgehead atoms. The number of hydrogen-bond donors (Lipinski definition) is 1. The minimum Gasteiger partial charge on any atom is -0.377 e. The van der Waals surface area contributed by atoms with Crippen molar-refractivity contribution in [1.29, 1.82) is 0 Å². The van der Waals surface area contributed by atoms with Crippen LogP contribution in [-0.4, -0.2) is 25.5 Å². The van der Waals surface area contributed by atoms with Gasteiger partial charge in [0, 0.05) is 23.8 Å². The summed E-state index contributed by atoms with van der Waals surface area (Å²) in [5.41, 5.74) is -0.273. The number of thioether (sulfide) groups is 1. The topological polar surface area (TPSA) is 21.3 Å². The first-order valence-corrected chi connectivity index (χ1v) is 7.58. The van der Waals surface area contributed by atoms with Gasteiger partial charge in [0.25, 0.3) is 0 Å². The Morgan fingerprint density at radius 2 is 2.20 bits per heavy atom. The third kappa shape index (κ3) is 4.14. The van der Waals surface area contributed by atoms with Crippen LogP contribution in [0.25, 0.3) is 0 Å². The molecule has 1 aromatic carbocycles. The fourth-order valence-corrected chi connectivity index (χ4v) is 3.23. The molecule has 1 N–H and O–H groups in total. The summed E-state index contributed by atoms with van der Waals surface area (Å²) in [6.07, 6.45) is -2.10. The molecular weight excluding hydrogens is 287 g/mol. The molecule has 6 heteroatoms. The highest BCUT2D eigenvalue weighted by molar-refractivity contribution is 7.99. The van der Waals surface area contributed by atoms with Crippen LogP contribution < -0.4 is 5.32 Å². The SMILES string of the molecule is CNCc1ccc(SCC2CCCO2)cc1C(F)(F)F. The molecule has 0 spiro atoms. The van der Waals surface area contributed by atoms with Crippen LogP contribution in [0.5, 0.6) is 0 Å². The smallest absolute Gasteiger partial charge is 0.377 e. The average molecular weight is 305 g/mol. The highest BCUT2D eigenvalue weighted by Gasteiger charge is 2.33. The third-order valence-corrected chi connectivity index (χ3v) is 4.34. The Hall–Kier alpha value is -0.720. The van der Waals surface area contributed by atoms with Crippen LogP contribution in [0.3, 0.4) is 0 Å². The van der Waals surface area contributed by atoms with Crippen LogP contribution in [0.1, 0.15) is 24.0 Å². The number of benzene rings is 1. The predicted molar refractivity (Wildman–Crippen MR) is 73.9 cm³/mol. The highest BCUT2D eigenvalue weighted by Crippen LogP contribution is 2.35. The number of rotatable bonds is 5.